The first-order valence-corrected chi connectivity index (χ1v) is 13.7. The molecule has 0 radical (unpaired) electrons. The second-order valence-electron chi connectivity index (χ2n) is 9.75. The minimum Gasteiger partial charge on any atom is -0.383 e. The summed E-state index contributed by atoms with van der Waals surface area (Å²) in [6, 6.07) is 6.16. The van der Waals surface area contributed by atoms with Gasteiger partial charge in [-0.25, -0.2) is 0 Å². The van der Waals surface area contributed by atoms with Gasteiger partial charge in [-0.15, -0.1) is 0 Å². The van der Waals surface area contributed by atoms with Gasteiger partial charge in [-0.05, 0) is 84.0 Å². The number of amides is 1. The summed E-state index contributed by atoms with van der Waals surface area (Å²) >= 11 is 6.49. The van der Waals surface area contributed by atoms with Crippen molar-refractivity contribution in [1.29, 1.82) is 0 Å². The highest BCUT2D eigenvalue weighted by molar-refractivity contribution is 6.31. The van der Waals surface area contributed by atoms with E-state index in [-0.39, 0.29) is 18.0 Å². The quantitative estimate of drug-likeness (QED) is 0.475. The maximum Gasteiger partial charge on any atom is 0.256 e. The molecule has 2 aromatic rings. The molecule has 0 unspecified atom stereocenters. The average Bonchev–Trinajstić information content (AvgIpc) is 2.87. The Morgan fingerprint density at radius 2 is 1.78 bits per heavy atom. The van der Waals surface area contributed by atoms with Crippen molar-refractivity contribution in [3.05, 3.63) is 61.5 Å². The molecule has 7 nitrogen and oxygen atoms in total. The topological polar surface area (TPSA) is 75.6 Å². The monoisotopic (exact) mass is 532 g/mol. The zero-order valence-electron chi connectivity index (χ0n) is 23.7. The third-order valence-corrected chi connectivity index (χ3v) is 7.25. The molecule has 0 saturated heterocycles. The van der Waals surface area contributed by atoms with Crippen LogP contribution in [0.4, 0.5) is 5.69 Å². The Balaban J connectivity index is 0.00000153. The zero-order valence-corrected chi connectivity index (χ0v) is 24.4. The van der Waals surface area contributed by atoms with Crippen molar-refractivity contribution in [2.24, 2.45) is 0 Å². The maximum atomic E-state index is 13.3. The van der Waals surface area contributed by atoms with Crippen LogP contribution in [0, 0.1) is 20.8 Å². The van der Waals surface area contributed by atoms with Gasteiger partial charge in [0.1, 0.15) is 0 Å². The third kappa shape index (κ3) is 8.06. The van der Waals surface area contributed by atoms with Crippen LogP contribution in [0.2, 0.25) is 5.02 Å². The van der Waals surface area contributed by atoms with E-state index in [4.69, 9.17) is 16.3 Å². The fourth-order valence-electron chi connectivity index (χ4n) is 5.13. The number of aromatic nitrogens is 1. The van der Waals surface area contributed by atoms with Crippen LogP contribution in [0.3, 0.4) is 0 Å². The molecule has 0 spiro atoms. The lowest BCUT2D eigenvalue weighted by Gasteiger charge is -2.36. The van der Waals surface area contributed by atoms with Crippen LogP contribution in [0.5, 0.6) is 0 Å². The standard InChI is InChI=1S/C27H38ClN3O3.C2H7N/c1-6-30(22-10-8-7-9-11-22)25-16-21(28)15-23(20(25)4)26(32)29-17-24-18(2)14-19(3)31(27(24)33)12-13-34-5;1-3-2/h14-16,22H,6-13,17H2,1-5H3,(H,29,32);3H,1-2H3. The molecule has 37 heavy (non-hydrogen) atoms. The van der Waals surface area contributed by atoms with Crippen molar-refractivity contribution in [2.75, 3.05) is 39.3 Å². The van der Waals surface area contributed by atoms with Gasteiger partial charge in [-0.1, -0.05) is 30.9 Å². The van der Waals surface area contributed by atoms with E-state index in [0.29, 0.717) is 35.3 Å². The van der Waals surface area contributed by atoms with E-state index in [1.165, 1.54) is 32.1 Å². The number of nitrogens with zero attached hydrogens (tertiary/aromatic N) is 2. The molecule has 1 aliphatic rings. The van der Waals surface area contributed by atoms with E-state index in [9.17, 15) is 9.59 Å². The lowest BCUT2D eigenvalue weighted by Crippen LogP contribution is -2.37. The molecule has 206 valence electrons. The second kappa shape index (κ2) is 15.2. The van der Waals surface area contributed by atoms with Crippen LogP contribution < -0.4 is 21.1 Å². The Labute approximate surface area is 227 Å². The highest BCUT2D eigenvalue weighted by Crippen LogP contribution is 2.33. The molecule has 8 heteroatoms. The Morgan fingerprint density at radius 1 is 1.14 bits per heavy atom. The minimum atomic E-state index is -0.219. The van der Waals surface area contributed by atoms with Crippen LogP contribution >= 0.6 is 11.6 Å². The van der Waals surface area contributed by atoms with Gasteiger partial charge >= 0.3 is 0 Å². The number of carbonyl (C=O) groups is 1. The predicted molar refractivity (Wildman–Crippen MR) is 154 cm³/mol. The van der Waals surface area contributed by atoms with Gasteiger partial charge in [0.2, 0.25) is 0 Å². The van der Waals surface area contributed by atoms with E-state index in [1.54, 1.807) is 17.7 Å². The summed E-state index contributed by atoms with van der Waals surface area (Å²) in [6.07, 6.45) is 6.12. The molecule has 3 rings (SSSR count). The van der Waals surface area contributed by atoms with Crippen LogP contribution in [-0.4, -0.2) is 50.9 Å². The summed E-state index contributed by atoms with van der Waals surface area (Å²) < 4.78 is 6.84. The molecular formula is C29H45ClN4O3. The fraction of sp³-hybridized carbons (Fsp3) is 0.586. The number of carbonyl (C=O) groups excluding carboxylic acids is 1. The van der Waals surface area contributed by atoms with Crippen molar-refractivity contribution in [2.45, 2.75) is 78.9 Å². The molecule has 1 amide bonds. The largest absolute Gasteiger partial charge is 0.383 e. The van der Waals surface area contributed by atoms with E-state index in [1.807, 2.05) is 47.0 Å². The molecule has 1 heterocycles. The third-order valence-electron chi connectivity index (χ3n) is 7.03. The van der Waals surface area contributed by atoms with E-state index in [2.05, 4.69) is 22.5 Å². The molecule has 1 fully saturated rings. The first-order valence-electron chi connectivity index (χ1n) is 13.3. The van der Waals surface area contributed by atoms with Gasteiger partial charge in [-0.2, -0.15) is 0 Å². The summed E-state index contributed by atoms with van der Waals surface area (Å²) in [7, 11) is 5.37. The van der Waals surface area contributed by atoms with Crippen molar-refractivity contribution in [3.8, 4) is 0 Å². The Kier molecular flexibility index (Phi) is 12.6. The number of anilines is 1. The molecular weight excluding hydrogens is 488 g/mol. The number of hydrogen-bond donors (Lipinski definition) is 2. The predicted octanol–water partition coefficient (Wildman–Crippen LogP) is 5.00. The molecule has 0 atom stereocenters. The molecule has 2 N–H and O–H groups in total. The number of benzene rings is 1. The summed E-state index contributed by atoms with van der Waals surface area (Å²) in [6.45, 7) is 9.93. The molecule has 1 aromatic carbocycles. The molecule has 1 saturated carbocycles. The molecule has 1 aliphatic carbocycles. The maximum absolute atomic E-state index is 13.3. The number of pyridine rings is 1. The van der Waals surface area contributed by atoms with Crippen LogP contribution in [0.15, 0.2) is 23.0 Å². The van der Waals surface area contributed by atoms with Gasteiger partial charge in [-0.3, -0.25) is 9.59 Å². The van der Waals surface area contributed by atoms with Crippen LogP contribution in [0.25, 0.3) is 0 Å². The van der Waals surface area contributed by atoms with Crippen molar-refractivity contribution in [3.63, 3.8) is 0 Å². The van der Waals surface area contributed by atoms with Gasteiger partial charge < -0.3 is 24.8 Å². The van der Waals surface area contributed by atoms with E-state index < -0.39 is 0 Å². The van der Waals surface area contributed by atoms with Gasteiger partial charge in [0.05, 0.1) is 6.61 Å². The number of hydrogen-bond acceptors (Lipinski definition) is 5. The van der Waals surface area contributed by atoms with Crippen molar-refractivity contribution >= 4 is 23.2 Å². The summed E-state index contributed by atoms with van der Waals surface area (Å²) in [5.74, 6) is -0.219. The first kappa shape index (κ1) is 30.9. The van der Waals surface area contributed by atoms with Crippen LogP contribution in [-0.2, 0) is 17.8 Å². The normalized spacial score (nSPS) is 13.6. The number of halogens is 1. The summed E-state index contributed by atoms with van der Waals surface area (Å²) in [5.41, 5.74) is 4.76. The van der Waals surface area contributed by atoms with Gasteiger partial charge in [0.25, 0.3) is 11.5 Å². The number of nitrogens with one attached hydrogen (secondary N) is 2. The smallest absolute Gasteiger partial charge is 0.256 e. The Hall–Kier alpha value is -2.35. The SMILES string of the molecule is CCN(c1cc(Cl)cc(C(=O)NCc2c(C)cc(C)n(CCOC)c2=O)c1C)C1CCCCC1.CNC. The molecule has 1 aromatic heterocycles. The highest BCUT2D eigenvalue weighted by atomic mass is 35.5. The van der Waals surface area contributed by atoms with Gasteiger partial charge in [0, 0.05) is 60.3 Å². The van der Waals surface area contributed by atoms with E-state index >= 15 is 0 Å². The van der Waals surface area contributed by atoms with E-state index in [0.717, 1.165) is 29.1 Å². The number of methoxy groups -OCH3 is 1. The van der Waals surface area contributed by atoms with Crippen LogP contribution in [0.1, 0.15) is 71.8 Å². The molecule has 0 bridgehead atoms. The highest BCUT2D eigenvalue weighted by Gasteiger charge is 2.24. The number of rotatable bonds is 9. The second-order valence-corrected chi connectivity index (χ2v) is 10.2. The first-order chi connectivity index (χ1) is 17.7. The van der Waals surface area contributed by atoms with Gasteiger partial charge in [0.15, 0.2) is 0 Å². The lowest BCUT2D eigenvalue weighted by atomic mass is 9.93. The fourth-order valence-corrected chi connectivity index (χ4v) is 5.34. The Morgan fingerprint density at radius 3 is 2.38 bits per heavy atom. The minimum absolute atomic E-state index is 0.0900. The number of aryl methyl sites for hydroxylation is 2. The van der Waals surface area contributed by atoms with Crippen molar-refractivity contribution in [1.82, 2.24) is 15.2 Å². The summed E-state index contributed by atoms with van der Waals surface area (Å²) in [4.78, 5) is 28.7. The average molecular weight is 533 g/mol. The van der Waals surface area contributed by atoms with Crippen molar-refractivity contribution < 1.29 is 9.53 Å². The Bertz CT molecular complexity index is 1090. The zero-order chi connectivity index (χ0) is 27.5. The summed E-state index contributed by atoms with van der Waals surface area (Å²) in [5, 5.41) is 6.27. The number of ether oxygens (including phenoxy) is 1. The lowest BCUT2D eigenvalue weighted by molar-refractivity contribution is 0.0950. The molecule has 0 aliphatic heterocycles.